The standard InChI is InChI=1S/C18H18FN3O/c1-12(22(2)11-13-7-9-14(19)10-8-13)17-20-16-6-4-3-5-15(16)18(23)21-17/h3-10,12H,11H2,1-2H3,(H,20,21,23)/t12-/m1/s1. The van der Waals surface area contributed by atoms with Gasteiger partial charge in [-0.05, 0) is 43.8 Å². The zero-order chi connectivity index (χ0) is 16.4. The van der Waals surface area contributed by atoms with Gasteiger partial charge in [0.25, 0.3) is 5.56 Å². The van der Waals surface area contributed by atoms with Crippen LogP contribution in [0.3, 0.4) is 0 Å². The Labute approximate surface area is 133 Å². The van der Waals surface area contributed by atoms with Crippen molar-refractivity contribution in [2.45, 2.75) is 19.5 Å². The largest absolute Gasteiger partial charge is 0.309 e. The molecule has 0 aliphatic rings. The van der Waals surface area contributed by atoms with Gasteiger partial charge in [-0.1, -0.05) is 24.3 Å². The zero-order valence-corrected chi connectivity index (χ0v) is 13.1. The van der Waals surface area contributed by atoms with E-state index in [1.54, 1.807) is 18.2 Å². The van der Waals surface area contributed by atoms with Gasteiger partial charge in [0.05, 0.1) is 16.9 Å². The highest BCUT2D eigenvalue weighted by atomic mass is 19.1. The van der Waals surface area contributed by atoms with E-state index < -0.39 is 0 Å². The number of benzene rings is 2. The van der Waals surface area contributed by atoms with Gasteiger partial charge in [0.1, 0.15) is 11.6 Å². The number of fused-ring (bicyclic) bond motifs is 1. The van der Waals surface area contributed by atoms with E-state index in [2.05, 4.69) is 14.9 Å². The molecular formula is C18H18FN3O. The van der Waals surface area contributed by atoms with Crippen LogP contribution in [0.2, 0.25) is 0 Å². The molecule has 118 valence electrons. The van der Waals surface area contributed by atoms with Gasteiger partial charge in [0, 0.05) is 6.54 Å². The van der Waals surface area contributed by atoms with Gasteiger partial charge >= 0.3 is 0 Å². The minimum Gasteiger partial charge on any atom is -0.309 e. The number of rotatable bonds is 4. The van der Waals surface area contributed by atoms with E-state index in [-0.39, 0.29) is 17.4 Å². The molecule has 0 aliphatic carbocycles. The summed E-state index contributed by atoms with van der Waals surface area (Å²) in [4.78, 5) is 21.6. The molecule has 1 aromatic heterocycles. The summed E-state index contributed by atoms with van der Waals surface area (Å²) < 4.78 is 13.0. The molecule has 4 nitrogen and oxygen atoms in total. The first kappa shape index (κ1) is 15.4. The lowest BCUT2D eigenvalue weighted by Crippen LogP contribution is -2.26. The van der Waals surface area contributed by atoms with Crippen molar-refractivity contribution in [2.75, 3.05) is 7.05 Å². The lowest BCUT2D eigenvalue weighted by atomic mass is 10.1. The Hall–Kier alpha value is -2.53. The van der Waals surface area contributed by atoms with Crippen LogP contribution in [0, 0.1) is 5.82 Å². The molecule has 0 aliphatic heterocycles. The van der Waals surface area contributed by atoms with Crippen molar-refractivity contribution in [2.24, 2.45) is 0 Å². The molecule has 1 heterocycles. The van der Waals surface area contributed by atoms with E-state index in [9.17, 15) is 9.18 Å². The molecule has 0 spiro atoms. The fourth-order valence-corrected chi connectivity index (χ4v) is 2.53. The Balaban J connectivity index is 1.85. The average Bonchev–Trinajstić information content (AvgIpc) is 2.56. The number of halogens is 1. The van der Waals surface area contributed by atoms with E-state index in [1.165, 1.54) is 12.1 Å². The first-order valence-electron chi connectivity index (χ1n) is 7.48. The van der Waals surface area contributed by atoms with Gasteiger partial charge in [0.2, 0.25) is 0 Å². The molecule has 3 rings (SSSR count). The first-order chi connectivity index (χ1) is 11.0. The molecular weight excluding hydrogens is 293 g/mol. The summed E-state index contributed by atoms with van der Waals surface area (Å²) in [6.07, 6.45) is 0. The summed E-state index contributed by atoms with van der Waals surface area (Å²) in [6, 6.07) is 13.6. The summed E-state index contributed by atoms with van der Waals surface area (Å²) in [5.74, 6) is 0.378. The topological polar surface area (TPSA) is 49.0 Å². The molecule has 23 heavy (non-hydrogen) atoms. The van der Waals surface area contributed by atoms with Crippen LogP contribution in [0.15, 0.2) is 53.3 Å². The molecule has 0 amide bonds. The highest BCUT2D eigenvalue weighted by Crippen LogP contribution is 2.18. The second-order valence-electron chi connectivity index (χ2n) is 5.69. The maximum absolute atomic E-state index is 13.0. The Kier molecular flexibility index (Phi) is 4.21. The SMILES string of the molecule is C[C@H](c1nc2ccccc2c(=O)[nH]1)N(C)Cc1ccc(F)cc1. The average molecular weight is 311 g/mol. The van der Waals surface area contributed by atoms with E-state index >= 15 is 0 Å². The van der Waals surface area contributed by atoms with Crippen molar-refractivity contribution in [1.82, 2.24) is 14.9 Å². The predicted octanol–water partition coefficient (Wildman–Crippen LogP) is 3.26. The lowest BCUT2D eigenvalue weighted by Gasteiger charge is -2.24. The molecule has 1 atom stereocenters. The Morgan fingerprint density at radius 2 is 1.87 bits per heavy atom. The number of aromatic amines is 1. The monoisotopic (exact) mass is 311 g/mol. The quantitative estimate of drug-likeness (QED) is 0.804. The third-order valence-corrected chi connectivity index (χ3v) is 4.03. The fourth-order valence-electron chi connectivity index (χ4n) is 2.53. The molecule has 0 saturated heterocycles. The number of hydrogen-bond acceptors (Lipinski definition) is 3. The van der Waals surface area contributed by atoms with Gasteiger partial charge in [-0.25, -0.2) is 9.37 Å². The van der Waals surface area contributed by atoms with Crippen LogP contribution in [0.5, 0.6) is 0 Å². The normalized spacial score (nSPS) is 12.7. The van der Waals surface area contributed by atoms with Crippen LogP contribution in [0.25, 0.3) is 10.9 Å². The summed E-state index contributed by atoms with van der Waals surface area (Å²) in [5, 5.41) is 0.588. The minimum absolute atomic E-state index is 0.0719. The highest BCUT2D eigenvalue weighted by Gasteiger charge is 2.15. The van der Waals surface area contributed by atoms with Crippen LogP contribution >= 0.6 is 0 Å². The maximum atomic E-state index is 13.0. The summed E-state index contributed by atoms with van der Waals surface area (Å²) in [7, 11) is 1.95. The van der Waals surface area contributed by atoms with Gasteiger partial charge in [0.15, 0.2) is 0 Å². The molecule has 1 N–H and O–H groups in total. The maximum Gasteiger partial charge on any atom is 0.258 e. The number of nitrogens with zero attached hydrogens (tertiary/aromatic N) is 2. The summed E-state index contributed by atoms with van der Waals surface area (Å²) >= 11 is 0. The molecule has 0 radical (unpaired) electrons. The number of hydrogen-bond donors (Lipinski definition) is 1. The van der Waals surface area contributed by atoms with Crippen LogP contribution < -0.4 is 5.56 Å². The molecule has 0 fully saturated rings. The van der Waals surface area contributed by atoms with Crippen LogP contribution in [0.4, 0.5) is 4.39 Å². The third kappa shape index (κ3) is 3.29. The van der Waals surface area contributed by atoms with Crippen molar-refractivity contribution in [1.29, 1.82) is 0 Å². The first-order valence-corrected chi connectivity index (χ1v) is 7.48. The predicted molar refractivity (Wildman–Crippen MR) is 88.6 cm³/mol. The third-order valence-electron chi connectivity index (χ3n) is 4.03. The van der Waals surface area contributed by atoms with Crippen molar-refractivity contribution in [3.05, 3.63) is 76.1 Å². The molecule has 2 aromatic carbocycles. The van der Waals surface area contributed by atoms with Gasteiger partial charge in [-0.3, -0.25) is 9.69 Å². The highest BCUT2D eigenvalue weighted by molar-refractivity contribution is 5.77. The lowest BCUT2D eigenvalue weighted by molar-refractivity contribution is 0.244. The van der Waals surface area contributed by atoms with Crippen molar-refractivity contribution in [3.8, 4) is 0 Å². The van der Waals surface area contributed by atoms with Gasteiger partial charge in [-0.2, -0.15) is 0 Å². The number of nitrogens with one attached hydrogen (secondary N) is 1. The second kappa shape index (κ2) is 6.30. The molecule has 0 unspecified atom stereocenters. The van der Waals surface area contributed by atoms with Crippen molar-refractivity contribution in [3.63, 3.8) is 0 Å². The number of aromatic nitrogens is 2. The smallest absolute Gasteiger partial charge is 0.258 e. The van der Waals surface area contributed by atoms with E-state index in [0.29, 0.717) is 23.3 Å². The minimum atomic E-state index is -0.245. The van der Waals surface area contributed by atoms with Crippen molar-refractivity contribution < 1.29 is 4.39 Å². The second-order valence-corrected chi connectivity index (χ2v) is 5.69. The Bertz CT molecular complexity index is 873. The zero-order valence-electron chi connectivity index (χ0n) is 13.1. The van der Waals surface area contributed by atoms with E-state index in [0.717, 1.165) is 5.56 Å². The fraction of sp³-hybridized carbons (Fsp3) is 0.222. The van der Waals surface area contributed by atoms with Crippen LogP contribution in [0.1, 0.15) is 24.4 Å². The van der Waals surface area contributed by atoms with Crippen molar-refractivity contribution >= 4 is 10.9 Å². The summed E-state index contributed by atoms with van der Waals surface area (Å²) in [6.45, 7) is 2.62. The molecule has 5 heteroatoms. The van der Waals surface area contributed by atoms with Gasteiger partial charge in [-0.15, -0.1) is 0 Å². The number of para-hydroxylation sites is 1. The van der Waals surface area contributed by atoms with E-state index in [4.69, 9.17) is 0 Å². The van der Waals surface area contributed by atoms with Gasteiger partial charge < -0.3 is 4.98 Å². The number of H-pyrrole nitrogens is 1. The summed E-state index contributed by atoms with van der Waals surface area (Å²) in [5.41, 5.74) is 1.56. The molecule has 0 saturated carbocycles. The van der Waals surface area contributed by atoms with E-state index in [1.807, 2.05) is 32.2 Å². The van der Waals surface area contributed by atoms with Crippen LogP contribution in [-0.4, -0.2) is 21.9 Å². The molecule has 0 bridgehead atoms. The Morgan fingerprint density at radius 3 is 2.61 bits per heavy atom. The molecule has 3 aromatic rings. The van der Waals surface area contributed by atoms with Crippen LogP contribution in [-0.2, 0) is 6.54 Å². The Morgan fingerprint density at radius 1 is 1.17 bits per heavy atom.